The number of rotatable bonds is 10. The summed E-state index contributed by atoms with van der Waals surface area (Å²) in [5.41, 5.74) is 0.732. The van der Waals surface area contributed by atoms with Crippen molar-refractivity contribution in [2.75, 3.05) is 45.9 Å². The van der Waals surface area contributed by atoms with Crippen LogP contribution in [-0.2, 0) is 16.0 Å². The Balaban J connectivity index is 1.41. The Bertz CT molecular complexity index is 930. The molecule has 1 aromatic rings. The quantitative estimate of drug-likeness (QED) is 0.396. The maximum Gasteiger partial charge on any atom is 0.318 e. The maximum atomic E-state index is 13.3. The third-order valence-electron chi connectivity index (χ3n) is 7.86. The van der Waals surface area contributed by atoms with E-state index in [1.165, 1.54) is 19.3 Å². The van der Waals surface area contributed by atoms with Crippen molar-refractivity contribution in [1.82, 2.24) is 25.8 Å². The van der Waals surface area contributed by atoms with Gasteiger partial charge in [-0.15, -0.1) is 0 Å². The lowest BCUT2D eigenvalue weighted by molar-refractivity contribution is -0.123. The van der Waals surface area contributed by atoms with Gasteiger partial charge in [0.25, 0.3) is 0 Å². The van der Waals surface area contributed by atoms with E-state index in [2.05, 4.69) is 16.0 Å². The van der Waals surface area contributed by atoms with Gasteiger partial charge < -0.3 is 30.0 Å². The first kappa shape index (κ1) is 28.5. The molecule has 38 heavy (non-hydrogen) atoms. The molecule has 0 bridgehead atoms. The van der Waals surface area contributed by atoms with Gasteiger partial charge in [-0.3, -0.25) is 9.59 Å². The molecular weight excluding hydrogens is 486 g/mol. The van der Waals surface area contributed by atoms with E-state index in [4.69, 9.17) is 14.1 Å². The summed E-state index contributed by atoms with van der Waals surface area (Å²) in [4.78, 5) is 45.7. The Morgan fingerprint density at radius 1 is 1.08 bits per heavy atom. The highest BCUT2D eigenvalue weighted by molar-refractivity contribution is 5.98. The Kier molecular flexibility index (Phi) is 10.6. The number of morpholine rings is 1. The molecule has 0 spiro atoms. The Morgan fingerprint density at radius 3 is 2.53 bits per heavy atom. The van der Waals surface area contributed by atoms with E-state index in [1.54, 1.807) is 4.90 Å². The smallest absolute Gasteiger partial charge is 0.318 e. The van der Waals surface area contributed by atoms with Crippen LogP contribution in [0, 0.1) is 11.8 Å². The first-order valence-corrected chi connectivity index (χ1v) is 14.5. The van der Waals surface area contributed by atoms with E-state index in [-0.39, 0.29) is 41.9 Å². The second kappa shape index (κ2) is 14.1. The van der Waals surface area contributed by atoms with Crippen LogP contribution < -0.4 is 16.0 Å². The second-order valence-corrected chi connectivity index (χ2v) is 11.5. The van der Waals surface area contributed by atoms with Gasteiger partial charge in [-0.25, -0.2) is 9.78 Å². The highest BCUT2D eigenvalue weighted by Crippen LogP contribution is 2.30. The van der Waals surface area contributed by atoms with Crippen LogP contribution in [0.15, 0.2) is 4.42 Å². The molecule has 2 unspecified atom stereocenters. The van der Waals surface area contributed by atoms with Crippen molar-refractivity contribution >= 4 is 17.7 Å². The summed E-state index contributed by atoms with van der Waals surface area (Å²) in [7, 11) is 0. The molecule has 10 nitrogen and oxygen atoms in total. The molecule has 1 saturated carbocycles. The average molecular weight is 532 g/mol. The van der Waals surface area contributed by atoms with Gasteiger partial charge >= 0.3 is 6.03 Å². The Hall–Kier alpha value is -2.46. The third-order valence-corrected chi connectivity index (χ3v) is 7.86. The van der Waals surface area contributed by atoms with Crippen molar-refractivity contribution in [2.45, 2.75) is 83.6 Å². The number of oxazole rings is 1. The molecule has 3 N–H and O–H groups in total. The average Bonchev–Trinajstić information content (AvgIpc) is 3.36. The van der Waals surface area contributed by atoms with E-state index in [9.17, 15) is 14.4 Å². The number of ketones is 1. The summed E-state index contributed by atoms with van der Waals surface area (Å²) in [6.45, 7) is 7.57. The van der Waals surface area contributed by atoms with Crippen molar-refractivity contribution in [3.8, 4) is 0 Å². The number of nitrogens with one attached hydrogen (secondary N) is 3. The number of hydrogen-bond acceptors (Lipinski definition) is 7. The highest BCUT2D eigenvalue weighted by Gasteiger charge is 2.30. The fraction of sp³-hybridized carbons (Fsp3) is 0.786. The second-order valence-electron chi connectivity index (χ2n) is 11.5. The zero-order chi connectivity index (χ0) is 26.9. The van der Waals surface area contributed by atoms with Gasteiger partial charge in [-0.05, 0) is 44.1 Å². The number of carbonyl (C=O) groups excluding carboxylic acids is 3. The minimum atomic E-state index is -0.724. The molecule has 1 aromatic heterocycles. The lowest BCUT2D eigenvalue weighted by Gasteiger charge is -2.29. The van der Waals surface area contributed by atoms with Crippen molar-refractivity contribution in [3.63, 3.8) is 0 Å². The molecule has 2 saturated heterocycles. The largest absolute Gasteiger partial charge is 0.437 e. The molecule has 212 valence electrons. The number of nitrogens with zero attached hydrogens (tertiary/aromatic N) is 2. The molecule has 3 fully saturated rings. The van der Waals surface area contributed by atoms with Crippen LogP contribution in [0.25, 0.3) is 0 Å². The molecule has 0 radical (unpaired) electrons. The van der Waals surface area contributed by atoms with Crippen LogP contribution >= 0.6 is 0 Å². The fourth-order valence-electron chi connectivity index (χ4n) is 5.71. The summed E-state index contributed by atoms with van der Waals surface area (Å²) in [5.74, 6) is 1.15. The van der Waals surface area contributed by atoms with Gasteiger partial charge in [0.05, 0.1) is 25.5 Å². The van der Waals surface area contributed by atoms with E-state index in [0.29, 0.717) is 44.5 Å². The molecule has 4 rings (SSSR count). The molecule has 1 aliphatic carbocycles. The minimum Gasteiger partial charge on any atom is -0.437 e. The Labute approximate surface area is 226 Å². The SMILES string of the molecule is CC(C)CC(NC(=O)N1CCOCC1)C(=O)NCC(=O)c1oc(C2CCCNC2)nc1CC1CCCCC1. The number of carbonyl (C=O) groups is 3. The topological polar surface area (TPSA) is 126 Å². The first-order chi connectivity index (χ1) is 18.4. The van der Waals surface area contributed by atoms with E-state index in [1.807, 2.05) is 13.8 Å². The van der Waals surface area contributed by atoms with Gasteiger partial charge in [0.15, 0.2) is 11.7 Å². The molecule has 3 heterocycles. The minimum absolute atomic E-state index is 0.163. The summed E-state index contributed by atoms with van der Waals surface area (Å²) < 4.78 is 11.4. The number of ether oxygens (including phenoxy) is 1. The van der Waals surface area contributed by atoms with Crippen molar-refractivity contribution in [1.29, 1.82) is 0 Å². The summed E-state index contributed by atoms with van der Waals surface area (Å²) in [5, 5.41) is 9.02. The van der Waals surface area contributed by atoms with Crippen LogP contribution in [0.2, 0.25) is 0 Å². The summed E-state index contributed by atoms with van der Waals surface area (Å²) in [6, 6.07) is -1.00. The summed E-state index contributed by atoms with van der Waals surface area (Å²) >= 11 is 0. The maximum absolute atomic E-state index is 13.3. The monoisotopic (exact) mass is 531 g/mol. The van der Waals surface area contributed by atoms with Crippen LogP contribution in [0.1, 0.15) is 93.3 Å². The normalized spacial score (nSPS) is 21.8. The number of aromatic nitrogens is 1. The van der Waals surface area contributed by atoms with Gasteiger partial charge in [0.1, 0.15) is 6.04 Å². The molecule has 3 aliphatic rings. The number of urea groups is 1. The van der Waals surface area contributed by atoms with E-state index in [0.717, 1.165) is 50.9 Å². The predicted molar refractivity (Wildman–Crippen MR) is 143 cm³/mol. The van der Waals surface area contributed by atoms with Crippen LogP contribution in [0.4, 0.5) is 4.79 Å². The number of amides is 3. The first-order valence-electron chi connectivity index (χ1n) is 14.5. The third kappa shape index (κ3) is 8.02. The lowest BCUT2D eigenvalue weighted by atomic mass is 9.86. The van der Waals surface area contributed by atoms with Gasteiger partial charge in [0, 0.05) is 25.6 Å². The van der Waals surface area contributed by atoms with Crippen LogP contribution in [0.5, 0.6) is 0 Å². The fourth-order valence-corrected chi connectivity index (χ4v) is 5.71. The van der Waals surface area contributed by atoms with Crippen molar-refractivity contribution < 1.29 is 23.5 Å². The lowest BCUT2D eigenvalue weighted by Crippen LogP contribution is -2.54. The highest BCUT2D eigenvalue weighted by atomic mass is 16.5. The van der Waals surface area contributed by atoms with Crippen LogP contribution in [0.3, 0.4) is 0 Å². The summed E-state index contributed by atoms with van der Waals surface area (Å²) in [6.07, 6.45) is 9.26. The molecule has 3 amide bonds. The van der Waals surface area contributed by atoms with Crippen molar-refractivity contribution in [3.05, 3.63) is 17.3 Å². The van der Waals surface area contributed by atoms with Gasteiger partial charge in [0.2, 0.25) is 11.7 Å². The zero-order valence-electron chi connectivity index (χ0n) is 23.1. The Morgan fingerprint density at radius 2 is 1.84 bits per heavy atom. The molecule has 0 aromatic carbocycles. The number of hydrogen-bond donors (Lipinski definition) is 3. The number of Topliss-reactive ketones (excluding diaryl/α,β-unsaturated/α-hetero) is 1. The van der Waals surface area contributed by atoms with Crippen molar-refractivity contribution in [2.24, 2.45) is 11.8 Å². The predicted octanol–water partition coefficient (Wildman–Crippen LogP) is 3.02. The van der Waals surface area contributed by atoms with E-state index < -0.39 is 6.04 Å². The zero-order valence-corrected chi connectivity index (χ0v) is 23.1. The molecular formula is C28H45N5O5. The van der Waals surface area contributed by atoms with Gasteiger partial charge in [-0.1, -0.05) is 46.0 Å². The van der Waals surface area contributed by atoms with Gasteiger partial charge in [-0.2, -0.15) is 0 Å². The number of piperidine rings is 1. The molecule has 2 aliphatic heterocycles. The molecule has 10 heteroatoms. The molecule has 2 atom stereocenters. The van der Waals surface area contributed by atoms with E-state index >= 15 is 0 Å². The van der Waals surface area contributed by atoms with Crippen LogP contribution in [-0.4, -0.2) is 79.6 Å². The standard InChI is InChI=1S/C28H45N5O5/c1-19(2)15-23(32-28(36)33-11-13-37-14-12-33)26(35)30-18-24(34)25-22(16-20-7-4-3-5-8-20)31-27(38-25)21-9-6-10-29-17-21/h19-21,23,29H,3-18H2,1-2H3,(H,30,35)(H,32,36).